The van der Waals surface area contributed by atoms with Gasteiger partial charge in [0.1, 0.15) is 0 Å². The number of nitrogens with zero attached hydrogens (tertiary/aromatic N) is 1. The summed E-state index contributed by atoms with van der Waals surface area (Å²) in [7, 11) is 1.65. The first kappa shape index (κ1) is 9.47. The molecular weight excluding hydrogens is 172 g/mol. The second kappa shape index (κ2) is 3.86. The first-order valence-electron chi connectivity index (χ1n) is 3.75. The standard InChI is InChI=1S/C8H10N2O3/c1-9-8-4-7(10(12)13)3-2-6(8)5-11/h2-4,9,11H,5H2,1H3. The van der Waals surface area contributed by atoms with Gasteiger partial charge in [0.25, 0.3) is 5.69 Å². The van der Waals surface area contributed by atoms with Gasteiger partial charge in [-0.3, -0.25) is 10.1 Å². The number of nitro groups is 1. The maximum atomic E-state index is 10.4. The van der Waals surface area contributed by atoms with E-state index in [0.29, 0.717) is 11.3 Å². The Labute approximate surface area is 75.2 Å². The van der Waals surface area contributed by atoms with Crippen LogP contribution in [0.5, 0.6) is 0 Å². The van der Waals surface area contributed by atoms with Crippen LogP contribution in [0.2, 0.25) is 0 Å². The molecular formula is C8H10N2O3. The summed E-state index contributed by atoms with van der Waals surface area (Å²) in [4.78, 5) is 9.91. The maximum Gasteiger partial charge on any atom is 0.271 e. The minimum atomic E-state index is -0.470. The molecule has 0 heterocycles. The number of anilines is 1. The highest BCUT2D eigenvalue weighted by atomic mass is 16.6. The van der Waals surface area contributed by atoms with Gasteiger partial charge in [-0.25, -0.2) is 0 Å². The maximum absolute atomic E-state index is 10.4. The van der Waals surface area contributed by atoms with E-state index in [-0.39, 0.29) is 12.3 Å². The Hall–Kier alpha value is -1.62. The Kier molecular flexibility index (Phi) is 2.81. The zero-order valence-electron chi connectivity index (χ0n) is 7.15. The number of nitro benzene ring substituents is 1. The molecule has 70 valence electrons. The lowest BCUT2D eigenvalue weighted by atomic mass is 10.1. The number of benzene rings is 1. The molecule has 0 saturated carbocycles. The van der Waals surface area contributed by atoms with Crippen LogP contribution in [0.25, 0.3) is 0 Å². The van der Waals surface area contributed by atoms with Crippen molar-refractivity contribution in [2.45, 2.75) is 6.61 Å². The lowest BCUT2D eigenvalue weighted by molar-refractivity contribution is -0.384. The van der Waals surface area contributed by atoms with Gasteiger partial charge in [0.2, 0.25) is 0 Å². The summed E-state index contributed by atoms with van der Waals surface area (Å²) in [6.45, 7) is -0.131. The van der Waals surface area contributed by atoms with Crippen molar-refractivity contribution >= 4 is 11.4 Å². The SMILES string of the molecule is CNc1cc([N+](=O)[O-])ccc1CO. The van der Waals surface area contributed by atoms with Crippen LogP contribution in [0, 0.1) is 10.1 Å². The number of rotatable bonds is 3. The Bertz CT molecular complexity index is 325. The van der Waals surface area contributed by atoms with E-state index in [9.17, 15) is 10.1 Å². The van der Waals surface area contributed by atoms with Gasteiger partial charge in [0, 0.05) is 30.4 Å². The molecule has 0 radical (unpaired) electrons. The topological polar surface area (TPSA) is 75.4 Å². The highest BCUT2D eigenvalue weighted by Gasteiger charge is 2.08. The average molecular weight is 182 g/mol. The van der Waals surface area contributed by atoms with Crippen LogP contribution in [-0.4, -0.2) is 17.1 Å². The molecule has 5 nitrogen and oxygen atoms in total. The van der Waals surface area contributed by atoms with E-state index in [1.54, 1.807) is 7.05 Å². The summed E-state index contributed by atoms with van der Waals surface area (Å²) in [6, 6.07) is 4.29. The second-order valence-electron chi connectivity index (χ2n) is 2.51. The molecule has 0 saturated heterocycles. The van der Waals surface area contributed by atoms with Crippen LogP contribution in [0.3, 0.4) is 0 Å². The molecule has 0 spiro atoms. The van der Waals surface area contributed by atoms with Crippen molar-refractivity contribution in [3.05, 3.63) is 33.9 Å². The molecule has 1 aromatic carbocycles. The van der Waals surface area contributed by atoms with Crippen molar-refractivity contribution in [2.24, 2.45) is 0 Å². The predicted octanol–water partition coefficient (Wildman–Crippen LogP) is 1.13. The minimum absolute atomic E-state index is 0.0153. The normalized spacial score (nSPS) is 9.69. The van der Waals surface area contributed by atoms with Crippen molar-refractivity contribution in [1.82, 2.24) is 0 Å². The molecule has 1 aromatic rings. The van der Waals surface area contributed by atoms with Crippen molar-refractivity contribution in [1.29, 1.82) is 0 Å². The summed E-state index contributed by atoms with van der Waals surface area (Å²) in [5.74, 6) is 0. The molecule has 0 fully saturated rings. The molecule has 0 unspecified atom stereocenters. The summed E-state index contributed by atoms with van der Waals surface area (Å²) < 4.78 is 0. The number of aliphatic hydroxyl groups excluding tert-OH is 1. The smallest absolute Gasteiger partial charge is 0.271 e. The van der Waals surface area contributed by atoms with Gasteiger partial charge < -0.3 is 10.4 Å². The fourth-order valence-electron chi connectivity index (χ4n) is 1.05. The van der Waals surface area contributed by atoms with Crippen molar-refractivity contribution in [2.75, 3.05) is 12.4 Å². The lowest BCUT2D eigenvalue weighted by Crippen LogP contribution is -1.97. The van der Waals surface area contributed by atoms with Crippen LogP contribution in [0.1, 0.15) is 5.56 Å². The van der Waals surface area contributed by atoms with Gasteiger partial charge in [-0.05, 0) is 6.07 Å². The minimum Gasteiger partial charge on any atom is -0.392 e. The largest absolute Gasteiger partial charge is 0.392 e. The average Bonchev–Trinajstić information content (AvgIpc) is 2.16. The monoisotopic (exact) mass is 182 g/mol. The molecule has 0 amide bonds. The molecule has 2 N–H and O–H groups in total. The number of hydrogen-bond acceptors (Lipinski definition) is 4. The van der Waals surface area contributed by atoms with E-state index in [1.165, 1.54) is 18.2 Å². The molecule has 0 aliphatic heterocycles. The predicted molar refractivity (Wildman–Crippen MR) is 48.6 cm³/mol. The zero-order chi connectivity index (χ0) is 9.84. The molecule has 13 heavy (non-hydrogen) atoms. The van der Waals surface area contributed by atoms with Gasteiger partial charge in [-0.1, -0.05) is 0 Å². The quantitative estimate of drug-likeness (QED) is 0.542. The number of aliphatic hydroxyl groups is 1. The van der Waals surface area contributed by atoms with E-state index in [4.69, 9.17) is 5.11 Å². The highest BCUT2D eigenvalue weighted by molar-refractivity contribution is 5.56. The fourth-order valence-corrected chi connectivity index (χ4v) is 1.05. The Morgan fingerprint density at radius 2 is 2.31 bits per heavy atom. The van der Waals surface area contributed by atoms with E-state index in [1.807, 2.05) is 0 Å². The van der Waals surface area contributed by atoms with Gasteiger partial charge in [0.05, 0.1) is 11.5 Å². The van der Waals surface area contributed by atoms with E-state index < -0.39 is 4.92 Å². The van der Waals surface area contributed by atoms with Gasteiger partial charge in [-0.2, -0.15) is 0 Å². The van der Waals surface area contributed by atoms with Crippen LogP contribution >= 0.6 is 0 Å². The fraction of sp³-hybridized carbons (Fsp3) is 0.250. The van der Waals surface area contributed by atoms with Crippen molar-refractivity contribution < 1.29 is 10.0 Å². The molecule has 0 aliphatic carbocycles. The van der Waals surface area contributed by atoms with Crippen LogP contribution in [0.4, 0.5) is 11.4 Å². The van der Waals surface area contributed by atoms with E-state index in [0.717, 1.165) is 0 Å². The number of non-ortho nitro benzene ring substituents is 1. The lowest BCUT2D eigenvalue weighted by Gasteiger charge is -2.05. The third-order valence-electron chi connectivity index (χ3n) is 1.74. The van der Waals surface area contributed by atoms with Crippen LogP contribution in [0.15, 0.2) is 18.2 Å². The van der Waals surface area contributed by atoms with Gasteiger partial charge in [-0.15, -0.1) is 0 Å². The van der Waals surface area contributed by atoms with E-state index in [2.05, 4.69) is 5.32 Å². The summed E-state index contributed by atoms with van der Waals surface area (Å²) in [6.07, 6.45) is 0. The Balaban J connectivity index is 3.13. The van der Waals surface area contributed by atoms with Crippen LogP contribution < -0.4 is 5.32 Å². The third-order valence-corrected chi connectivity index (χ3v) is 1.74. The Morgan fingerprint density at radius 1 is 1.62 bits per heavy atom. The number of nitrogens with one attached hydrogen (secondary N) is 1. The third kappa shape index (κ3) is 1.94. The first-order chi connectivity index (χ1) is 6.19. The molecule has 1 rings (SSSR count). The van der Waals surface area contributed by atoms with E-state index >= 15 is 0 Å². The molecule has 0 bridgehead atoms. The van der Waals surface area contributed by atoms with Gasteiger partial charge in [0.15, 0.2) is 0 Å². The van der Waals surface area contributed by atoms with Crippen molar-refractivity contribution in [3.8, 4) is 0 Å². The number of hydrogen-bond donors (Lipinski definition) is 2. The van der Waals surface area contributed by atoms with Crippen molar-refractivity contribution in [3.63, 3.8) is 0 Å². The zero-order valence-corrected chi connectivity index (χ0v) is 7.15. The highest BCUT2D eigenvalue weighted by Crippen LogP contribution is 2.21. The summed E-state index contributed by atoms with van der Waals surface area (Å²) >= 11 is 0. The first-order valence-corrected chi connectivity index (χ1v) is 3.75. The second-order valence-corrected chi connectivity index (χ2v) is 2.51. The molecule has 5 heteroatoms. The van der Waals surface area contributed by atoms with Crippen LogP contribution in [-0.2, 0) is 6.61 Å². The molecule has 0 atom stereocenters. The molecule has 0 aromatic heterocycles. The van der Waals surface area contributed by atoms with Gasteiger partial charge >= 0.3 is 0 Å². The summed E-state index contributed by atoms with van der Waals surface area (Å²) in [5, 5.41) is 22.0. The Morgan fingerprint density at radius 3 is 2.77 bits per heavy atom. The summed E-state index contributed by atoms with van der Waals surface area (Å²) in [5.41, 5.74) is 1.24. The molecule has 0 aliphatic rings.